The molecular formula is C17H18N2. The van der Waals surface area contributed by atoms with E-state index in [-0.39, 0.29) is 6.04 Å². The summed E-state index contributed by atoms with van der Waals surface area (Å²) in [5.74, 6) is 0. The summed E-state index contributed by atoms with van der Waals surface area (Å²) < 4.78 is 0. The van der Waals surface area contributed by atoms with E-state index in [2.05, 4.69) is 49.5 Å². The van der Waals surface area contributed by atoms with Gasteiger partial charge in [-0.3, -0.25) is 0 Å². The number of nitriles is 1. The van der Waals surface area contributed by atoms with E-state index in [1.54, 1.807) is 0 Å². The van der Waals surface area contributed by atoms with Gasteiger partial charge in [0.2, 0.25) is 0 Å². The first-order chi connectivity index (χ1) is 9.10. The fraction of sp³-hybridized carbons (Fsp3) is 0.235. The van der Waals surface area contributed by atoms with Gasteiger partial charge in [-0.05, 0) is 50.1 Å². The van der Waals surface area contributed by atoms with Crippen molar-refractivity contribution in [2.75, 3.05) is 5.32 Å². The molecule has 0 aliphatic heterocycles. The van der Waals surface area contributed by atoms with Gasteiger partial charge in [-0.2, -0.15) is 5.26 Å². The van der Waals surface area contributed by atoms with E-state index in [1.165, 1.54) is 11.1 Å². The van der Waals surface area contributed by atoms with Crippen LogP contribution in [0.5, 0.6) is 0 Å². The van der Waals surface area contributed by atoms with E-state index in [4.69, 9.17) is 5.26 Å². The molecule has 0 heterocycles. The molecule has 0 spiro atoms. The Hall–Kier alpha value is -2.27. The van der Waals surface area contributed by atoms with Crippen LogP contribution in [-0.2, 0) is 0 Å². The van der Waals surface area contributed by atoms with E-state index in [1.807, 2.05) is 25.1 Å². The summed E-state index contributed by atoms with van der Waals surface area (Å²) in [6.45, 7) is 6.18. The molecule has 2 heteroatoms. The zero-order valence-electron chi connectivity index (χ0n) is 11.6. The van der Waals surface area contributed by atoms with Crippen LogP contribution < -0.4 is 5.32 Å². The maximum absolute atomic E-state index is 8.92. The summed E-state index contributed by atoms with van der Waals surface area (Å²) in [6.07, 6.45) is 0. The van der Waals surface area contributed by atoms with Gasteiger partial charge in [-0.1, -0.05) is 29.8 Å². The number of nitrogens with one attached hydrogen (secondary N) is 1. The fourth-order valence-corrected chi connectivity index (χ4v) is 2.07. The Morgan fingerprint density at radius 2 is 1.74 bits per heavy atom. The lowest BCUT2D eigenvalue weighted by molar-refractivity contribution is 0.883. The van der Waals surface area contributed by atoms with Crippen LogP contribution in [0.15, 0.2) is 42.5 Å². The molecule has 0 amide bonds. The van der Waals surface area contributed by atoms with E-state index in [0.717, 1.165) is 16.8 Å². The van der Waals surface area contributed by atoms with Gasteiger partial charge in [-0.15, -0.1) is 0 Å². The van der Waals surface area contributed by atoms with Crippen molar-refractivity contribution in [2.24, 2.45) is 0 Å². The average molecular weight is 250 g/mol. The van der Waals surface area contributed by atoms with Crippen LogP contribution in [0, 0.1) is 25.2 Å². The molecule has 0 radical (unpaired) electrons. The minimum absolute atomic E-state index is 0.243. The second kappa shape index (κ2) is 5.58. The molecule has 0 aliphatic carbocycles. The van der Waals surface area contributed by atoms with Crippen LogP contribution >= 0.6 is 0 Å². The molecule has 0 aromatic heterocycles. The van der Waals surface area contributed by atoms with E-state index >= 15 is 0 Å². The predicted octanol–water partition coefficient (Wildman–Crippen LogP) is 4.35. The first kappa shape index (κ1) is 13.2. The largest absolute Gasteiger partial charge is 0.379 e. The van der Waals surface area contributed by atoms with Gasteiger partial charge in [0.15, 0.2) is 0 Å². The maximum Gasteiger partial charge on any atom is 0.0994 e. The first-order valence-corrected chi connectivity index (χ1v) is 6.44. The first-order valence-electron chi connectivity index (χ1n) is 6.44. The summed E-state index contributed by atoms with van der Waals surface area (Å²) in [7, 11) is 0. The van der Waals surface area contributed by atoms with E-state index in [0.29, 0.717) is 0 Å². The van der Waals surface area contributed by atoms with Crippen molar-refractivity contribution >= 4 is 5.69 Å². The summed E-state index contributed by atoms with van der Waals surface area (Å²) in [6, 6.07) is 16.8. The zero-order chi connectivity index (χ0) is 13.8. The third kappa shape index (κ3) is 3.14. The van der Waals surface area contributed by atoms with Crippen molar-refractivity contribution < 1.29 is 0 Å². The number of aryl methyl sites for hydroxylation is 2. The molecule has 1 N–H and O–H groups in total. The van der Waals surface area contributed by atoms with Crippen molar-refractivity contribution in [2.45, 2.75) is 26.8 Å². The molecule has 1 unspecified atom stereocenters. The van der Waals surface area contributed by atoms with Crippen LogP contribution in [-0.4, -0.2) is 0 Å². The average Bonchev–Trinajstić information content (AvgIpc) is 2.39. The summed E-state index contributed by atoms with van der Waals surface area (Å²) in [5.41, 5.74) is 5.31. The second-order valence-corrected chi connectivity index (χ2v) is 4.92. The lowest BCUT2D eigenvalue weighted by Gasteiger charge is -2.16. The van der Waals surface area contributed by atoms with Gasteiger partial charge in [0.25, 0.3) is 0 Å². The molecule has 2 nitrogen and oxygen atoms in total. The maximum atomic E-state index is 8.92. The Balaban J connectivity index is 2.15. The minimum Gasteiger partial charge on any atom is -0.379 e. The highest BCUT2D eigenvalue weighted by Gasteiger charge is 2.06. The number of nitrogens with zero attached hydrogens (tertiary/aromatic N) is 1. The Labute approximate surface area is 114 Å². The molecule has 0 fully saturated rings. The fourth-order valence-electron chi connectivity index (χ4n) is 2.07. The normalized spacial score (nSPS) is 11.7. The van der Waals surface area contributed by atoms with Crippen molar-refractivity contribution in [3.63, 3.8) is 0 Å². The zero-order valence-corrected chi connectivity index (χ0v) is 11.6. The lowest BCUT2D eigenvalue weighted by Crippen LogP contribution is -2.06. The second-order valence-electron chi connectivity index (χ2n) is 4.92. The topological polar surface area (TPSA) is 35.8 Å². The number of anilines is 1. The van der Waals surface area contributed by atoms with Gasteiger partial charge < -0.3 is 5.32 Å². The summed E-state index contributed by atoms with van der Waals surface area (Å²) >= 11 is 0. The van der Waals surface area contributed by atoms with E-state index < -0.39 is 0 Å². The Kier molecular flexibility index (Phi) is 3.87. The SMILES string of the molecule is Cc1ccc(C(C)Nc2ccc(C#N)c(C)c2)cc1. The van der Waals surface area contributed by atoms with Crippen LogP contribution in [0.1, 0.15) is 35.2 Å². The molecule has 2 aromatic rings. The number of hydrogen-bond donors (Lipinski definition) is 1. The van der Waals surface area contributed by atoms with Gasteiger partial charge in [-0.25, -0.2) is 0 Å². The third-order valence-electron chi connectivity index (χ3n) is 3.31. The van der Waals surface area contributed by atoms with E-state index in [9.17, 15) is 0 Å². The van der Waals surface area contributed by atoms with Crippen molar-refractivity contribution in [3.05, 3.63) is 64.7 Å². The molecule has 2 rings (SSSR count). The van der Waals surface area contributed by atoms with Crippen LogP contribution in [0.25, 0.3) is 0 Å². The standard InChI is InChI=1S/C17H18N2/c1-12-4-6-15(7-5-12)14(3)19-17-9-8-16(11-18)13(2)10-17/h4-10,14,19H,1-3H3. The van der Waals surface area contributed by atoms with Crippen molar-refractivity contribution in [1.82, 2.24) is 0 Å². The molecule has 2 aromatic carbocycles. The molecule has 0 saturated heterocycles. The smallest absolute Gasteiger partial charge is 0.0994 e. The Morgan fingerprint density at radius 1 is 1.05 bits per heavy atom. The summed E-state index contributed by atoms with van der Waals surface area (Å²) in [5, 5.41) is 12.4. The molecule has 19 heavy (non-hydrogen) atoms. The van der Waals surface area contributed by atoms with Gasteiger partial charge in [0, 0.05) is 11.7 Å². The molecule has 0 saturated carbocycles. The Bertz CT molecular complexity index is 606. The highest BCUT2D eigenvalue weighted by molar-refractivity contribution is 5.52. The highest BCUT2D eigenvalue weighted by atomic mass is 14.9. The van der Waals surface area contributed by atoms with Crippen LogP contribution in [0.2, 0.25) is 0 Å². The summed E-state index contributed by atoms with van der Waals surface area (Å²) in [4.78, 5) is 0. The van der Waals surface area contributed by atoms with Gasteiger partial charge in [0.05, 0.1) is 11.6 Å². The highest BCUT2D eigenvalue weighted by Crippen LogP contribution is 2.21. The lowest BCUT2D eigenvalue weighted by atomic mass is 10.1. The molecule has 0 bridgehead atoms. The molecule has 96 valence electrons. The van der Waals surface area contributed by atoms with Gasteiger partial charge >= 0.3 is 0 Å². The number of hydrogen-bond acceptors (Lipinski definition) is 2. The number of benzene rings is 2. The van der Waals surface area contributed by atoms with Crippen LogP contribution in [0.3, 0.4) is 0 Å². The van der Waals surface area contributed by atoms with Gasteiger partial charge in [0.1, 0.15) is 0 Å². The monoisotopic (exact) mass is 250 g/mol. The molecular weight excluding hydrogens is 232 g/mol. The third-order valence-corrected chi connectivity index (χ3v) is 3.31. The van der Waals surface area contributed by atoms with Crippen molar-refractivity contribution in [3.8, 4) is 6.07 Å². The number of rotatable bonds is 3. The molecule has 1 atom stereocenters. The Morgan fingerprint density at radius 3 is 2.32 bits per heavy atom. The minimum atomic E-state index is 0.243. The van der Waals surface area contributed by atoms with Crippen LogP contribution in [0.4, 0.5) is 5.69 Å². The predicted molar refractivity (Wildman–Crippen MR) is 79.1 cm³/mol. The quantitative estimate of drug-likeness (QED) is 0.879. The molecule has 0 aliphatic rings. The van der Waals surface area contributed by atoms with Crippen molar-refractivity contribution in [1.29, 1.82) is 5.26 Å².